The molecule has 1 N–H and O–H groups in total. The van der Waals surface area contributed by atoms with Crippen LogP contribution in [0, 0.1) is 5.82 Å². The third kappa shape index (κ3) is 5.03. The smallest absolute Gasteiger partial charge is 0.147 e. The predicted octanol–water partition coefficient (Wildman–Crippen LogP) is 4.71. The summed E-state index contributed by atoms with van der Waals surface area (Å²) in [5.74, 6) is -0.392. The first-order valence-electron chi connectivity index (χ1n) is 6.45. The highest BCUT2D eigenvalue weighted by Gasteiger charge is 2.19. The van der Waals surface area contributed by atoms with Gasteiger partial charge in [0.2, 0.25) is 0 Å². The third-order valence-electron chi connectivity index (χ3n) is 2.68. The normalized spacial score (nSPS) is 13.0. The van der Waals surface area contributed by atoms with Crippen LogP contribution in [-0.4, -0.2) is 19.3 Å². The van der Waals surface area contributed by atoms with Crippen LogP contribution in [0.2, 0.25) is 5.02 Å². The van der Waals surface area contributed by atoms with Gasteiger partial charge in [-0.3, -0.25) is 0 Å². The van der Waals surface area contributed by atoms with Gasteiger partial charge in [0.1, 0.15) is 5.82 Å². The van der Waals surface area contributed by atoms with Crippen LogP contribution in [0.15, 0.2) is 16.6 Å². The summed E-state index contributed by atoms with van der Waals surface area (Å²) < 4.78 is 20.4. The molecule has 0 fully saturated rings. The van der Waals surface area contributed by atoms with Crippen molar-refractivity contribution in [2.75, 3.05) is 13.2 Å². The van der Waals surface area contributed by atoms with Crippen LogP contribution in [-0.2, 0) is 4.74 Å². The molecule has 1 aromatic carbocycles. The molecule has 1 aromatic rings. The lowest BCUT2D eigenvalue weighted by atomic mass is 10.1. The molecule has 19 heavy (non-hydrogen) atoms. The molecular weight excluding hydrogens is 333 g/mol. The van der Waals surface area contributed by atoms with Crippen LogP contribution in [0.1, 0.15) is 38.8 Å². The first kappa shape index (κ1) is 16.9. The average Bonchev–Trinajstić information content (AvgIpc) is 2.37. The van der Waals surface area contributed by atoms with E-state index in [9.17, 15) is 4.39 Å². The number of hydrogen-bond donors (Lipinski definition) is 1. The number of halogens is 3. The first-order chi connectivity index (χ1) is 8.97. The number of rotatable bonds is 7. The molecule has 0 bridgehead atoms. The fourth-order valence-corrected chi connectivity index (χ4v) is 2.15. The van der Waals surface area contributed by atoms with Crippen LogP contribution >= 0.6 is 27.5 Å². The minimum atomic E-state index is -0.392. The van der Waals surface area contributed by atoms with Crippen molar-refractivity contribution in [1.82, 2.24) is 5.32 Å². The van der Waals surface area contributed by atoms with E-state index in [1.54, 1.807) is 12.1 Å². The van der Waals surface area contributed by atoms with Crippen LogP contribution in [0.3, 0.4) is 0 Å². The van der Waals surface area contributed by atoms with Gasteiger partial charge in [-0.25, -0.2) is 4.39 Å². The summed E-state index contributed by atoms with van der Waals surface area (Å²) in [4.78, 5) is 0. The van der Waals surface area contributed by atoms with Gasteiger partial charge in [0.25, 0.3) is 0 Å². The molecular formula is C14H20BrClFNO. The monoisotopic (exact) mass is 351 g/mol. The lowest BCUT2D eigenvalue weighted by Gasteiger charge is -2.21. The molecule has 0 aliphatic rings. The Labute approximate surface area is 127 Å². The largest absolute Gasteiger partial charge is 0.377 e. The highest BCUT2D eigenvalue weighted by molar-refractivity contribution is 9.10. The standard InChI is InChI=1S/C14H20BrClFNO/c1-4-7-18-12(8-19-9(2)3)10-5-6-11(15)13(16)14(10)17/h5-6,9,12,18H,4,7-8H2,1-3H3. The Morgan fingerprint density at radius 3 is 2.68 bits per heavy atom. The predicted molar refractivity (Wildman–Crippen MR) is 81.2 cm³/mol. The second kappa shape index (κ2) is 8.20. The second-order valence-corrected chi connectivity index (χ2v) is 5.89. The Morgan fingerprint density at radius 2 is 2.11 bits per heavy atom. The third-order valence-corrected chi connectivity index (χ3v) is 3.94. The number of hydrogen-bond acceptors (Lipinski definition) is 2. The van der Waals surface area contributed by atoms with E-state index >= 15 is 0 Å². The molecule has 0 spiro atoms. The van der Waals surface area contributed by atoms with Crippen molar-refractivity contribution in [2.45, 2.75) is 39.3 Å². The molecule has 1 unspecified atom stereocenters. The van der Waals surface area contributed by atoms with Crippen molar-refractivity contribution in [3.63, 3.8) is 0 Å². The minimum Gasteiger partial charge on any atom is -0.377 e. The lowest BCUT2D eigenvalue weighted by molar-refractivity contribution is 0.0604. The second-order valence-electron chi connectivity index (χ2n) is 4.65. The number of nitrogens with one attached hydrogen (secondary N) is 1. The van der Waals surface area contributed by atoms with Crippen molar-refractivity contribution in [3.05, 3.63) is 33.0 Å². The molecule has 0 aliphatic heterocycles. The molecule has 0 aliphatic carbocycles. The maximum atomic E-state index is 14.2. The van der Waals surface area contributed by atoms with Gasteiger partial charge >= 0.3 is 0 Å². The zero-order valence-corrected chi connectivity index (χ0v) is 13.8. The topological polar surface area (TPSA) is 21.3 Å². The van der Waals surface area contributed by atoms with Gasteiger partial charge in [0, 0.05) is 10.0 Å². The maximum absolute atomic E-state index is 14.2. The fourth-order valence-electron chi connectivity index (χ4n) is 1.68. The van der Waals surface area contributed by atoms with Gasteiger partial charge in [0.15, 0.2) is 0 Å². The van der Waals surface area contributed by atoms with E-state index in [1.165, 1.54) is 0 Å². The van der Waals surface area contributed by atoms with Crippen LogP contribution in [0.5, 0.6) is 0 Å². The SMILES string of the molecule is CCCNC(COC(C)C)c1ccc(Br)c(Cl)c1F. The Hall–Kier alpha value is -0.160. The van der Waals surface area contributed by atoms with Crippen molar-refractivity contribution < 1.29 is 9.13 Å². The van der Waals surface area contributed by atoms with E-state index in [0.29, 0.717) is 16.6 Å². The molecule has 5 heteroatoms. The highest BCUT2D eigenvalue weighted by atomic mass is 79.9. The molecule has 0 saturated heterocycles. The Morgan fingerprint density at radius 1 is 1.42 bits per heavy atom. The van der Waals surface area contributed by atoms with E-state index in [4.69, 9.17) is 16.3 Å². The van der Waals surface area contributed by atoms with Gasteiger partial charge in [-0.15, -0.1) is 0 Å². The number of ether oxygens (including phenoxy) is 1. The zero-order valence-electron chi connectivity index (χ0n) is 11.5. The molecule has 0 heterocycles. The van der Waals surface area contributed by atoms with Gasteiger partial charge in [-0.2, -0.15) is 0 Å². The van der Waals surface area contributed by atoms with E-state index in [0.717, 1.165) is 13.0 Å². The van der Waals surface area contributed by atoms with Crippen molar-refractivity contribution in [2.24, 2.45) is 0 Å². The lowest BCUT2D eigenvalue weighted by Crippen LogP contribution is -2.28. The van der Waals surface area contributed by atoms with Crippen LogP contribution in [0.25, 0.3) is 0 Å². The first-order valence-corrected chi connectivity index (χ1v) is 7.62. The average molecular weight is 353 g/mol. The maximum Gasteiger partial charge on any atom is 0.147 e. The molecule has 0 aromatic heterocycles. The van der Waals surface area contributed by atoms with Gasteiger partial charge in [0.05, 0.1) is 23.8 Å². The molecule has 1 rings (SSSR count). The molecule has 108 valence electrons. The Balaban J connectivity index is 2.92. The van der Waals surface area contributed by atoms with Gasteiger partial charge < -0.3 is 10.1 Å². The quantitative estimate of drug-likeness (QED) is 0.718. The molecule has 2 nitrogen and oxygen atoms in total. The molecule has 0 amide bonds. The van der Waals surface area contributed by atoms with Crippen LogP contribution in [0.4, 0.5) is 4.39 Å². The summed E-state index contributed by atoms with van der Waals surface area (Å²) in [7, 11) is 0. The summed E-state index contributed by atoms with van der Waals surface area (Å²) in [6.45, 7) is 7.22. The zero-order chi connectivity index (χ0) is 14.4. The minimum absolute atomic E-state index is 0.111. The molecule has 1 atom stereocenters. The molecule has 0 saturated carbocycles. The van der Waals surface area contributed by atoms with Crippen molar-refractivity contribution in [1.29, 1.82) is 0 Å². The van der Waals surface area contributed by atoms with E-state index in [1.807, 2.05) is 13.8 Å². The van der Waals surface area contributed by atoms with Gasteiger partial charge in [-0.1, -0.05) is 24.6 Å². The Kier molecular flexibility index (Phi) is 7.29. The summed E-state index contributed by atoms with van der Waals surface area (Å²) in [6, 6.07) is 3.31. The van der Waals surface area contributed by atoms with E-state index in [2.05, 4.69) is 28.2 Å². The van der Waals surface area contributed by atoms with Crippen LogP contribution < -0.4 is 5.32 Å². The Bertz CT molecular complexity index is 415. The summed E-state index contributed by atoms with van der Waals surface area (Å²) in [5, 5.41) is 3.41. The summed E-state index contributed by atoms with van der Waals surface area (Å²) in [6.07, 6.45) is 1.09. The summed E-state index contributed by atoms with van der Waals surface area (Å²) >= 11 is 9.15. The van der Waals surface area contributed by atoms with E-state index in [-0.39, 0.29) is 17.2 Å². The molecule has 0 radical (unpaired) electrons. The number of benzene rings is 1. The van der Waals surface area contributed by atoms with Gasteiger partial charge in [-0.05, 0) is 48.8 Å². The van der Waals surface area contributed by atoms with E-state index < -0.39 is 5.82 Å². The fraction of sp³-hybridized carbons (Fsp3) is 0.571. The highest BCUT2D eigenvalue weighted by Crippen LogP contribution is 2.30. The summed E-state index contributed by atoms with van der Waals surface area (Å²) in [5.41, 5.74) is 0.544. The van der Waals surface area contributed by atoms with Crippen molar-refractivity contribution >= 4 is 27.5 Å². The van der Waals surface area contributed by atoms with Crippen molar-refractivity contribution in [3.8, 4) is 0 Å².